The fraction of sp³-hybridized carbons (Fsp3) is 0.870. The third kappa shape index (κ3) is 30.7. The molecule has 13 heteroatoms. The van der Waals surface area contributed by atoms with E-state index in [1.54, 1.807) is 0 Å². The minimum Gasteiger partial charge on any atom is -0.790 e. The number of rotatable bonds is 22. The second-order valence-electron chi connectivity index (χ2n) is 8.41. The van der Waals surface area contributed by atoms with Crippen molar-refractivity contribution in [1.82, 2.24) is 5.32 Å². The van der Waals surface area contributed by atoms with Crippen LogP contribution in [0.2, 0.25) is 0 Å². The molecule has 0 aromatic heterocycles. The van der Waals surface area contributed by atoms with Gasteiger partial charge in [0.2, 0.25) is 5.91 Å². The van der Waals surface area contributed by atoms with Crippen LogP contribution in [0.1, 0.15) is 104 Å². The van der Waals surface area contributed by atoms with E-state index in [-0.39, 0.29) is 84.5 Å². The van der Waals surface area contributed by atoms with Crippen molar-refractivity contribution in [2.45, 2.75) is 110 Å². The van der Waals surface area contributed by atoms with Crippen molar-refractivity contribution in [3.63, 3.8) is 0 Å². The Balaban J connectivity index is -0.00000544. The van der Waals surface area contributed by atoms with Crippen LogP contribution >= 0.6 is 7.82 Å². The van der Waals surface area contributed by atoms with Gasteiger partial charge in [-0.15, -0.1) is 0 Å². The van der Waals surface area contributed by atoms with Gasteiger partial charge >= 0.3 is 71.1 Å². The molecule has 1 atom stereocenters. The molecule has 0 saturated carbocycles. The minimum atomic E-state index is -5.24. The van der Waals surface area contributed by atoms with Crippen molar-refractivity contribution < 1.29 is 102 Å². The van der Waals surface area contributed by atoms with Crippen LogP contribution in [-0.4, -0.2) is 43.7 Å². The first-order valence-corrected chi connectivity index (χ1v) is 13.9. The first kappa shape index (κ1) is 41.0. The van der Waals surface area contributed by atoms with Gasteiger partial charge in [-0.25, -0.2) is 0 Å². The maximum atomic E-state index is 12.0. The summed E-state index contributed by atoms with van der Waals surface area (Å²) in [6.45, 7) is 3.24. The predicted molar refractivity (Wildman–Crippen MR) is 123 cm³/mol. The van der Waals surface area contributed by atoms with Crippen LogP contribution in [0.4, 0.5) is 0 Å². The van der Waals surface area contributed by atoms with Crippen molar-refractivity contribution in [1.29, 1.82) is 0 Å². The second kappa shape index (κ2) is 27.1. The van der Waals surface area contributed by atoms with Crippen LogP contribution in [-0.2, 0) is 32.9 Å². The van der Waals surface area contributed by atoms with Gasteiger partial charge in [0.1, 0.15) is 6.61 Å². The molecule has 0 aromatic carbocycles. The number of amides is 1. The van der Waals surface area contributed by atoms with Gasteiger partial charge < -0.3 is 33.7 Å². The number of phosphoric acid groups is 1. The van der Waals surface area contributed by atoms with E-state index in [0.717, 1.165) is 64.2 Å². The molecule has 0 saturated heterocycles. The zero-order chi connectivity index (χ0) is 25.7. The van der Waals surface area contributed by atoms with Gasteiger partial charge in [-0.3, -0.25) is 14.4 Å². The Morgan fingerprint density at radius 3 is 1.81 bits per heavy atom. The smallest absolute Gasteiger partial charge is 0.790 e. The molecule has 0 aliphatic carbocycles. The molecular formula is C23H42NNa2O9P. The standard InChI is InChI=1S/C23H44NO9P.2Na/c1-3-4-5-9-13-16-23(27)33-21(19-32-34(28,29)30)18-31-22(26)15-12-10-7-6-8-11-14-17-24-20(2)25;;/h21H,3-19H2,1-2H3,(H,24,25)(H2,28,29,30);;/q;2*+1/p-2/t21-;;/m0../s1. The Morgan fingerprint density at radius 2 is 1.28 bits per heavy atom. The van der Waals surface area contributed by atoms with Gasteiger partial charge in [0, 0.05) is 26.3 Å². The van der Waals surface area contributed by atoms with Crippen LogP contribution in [0.15, 0.2) is 0 Å². The average Bonchev–Trinajstić information content (AvgIpc) is 2.76. The number of hydrogen-bond donors (Lipinski definition) is 1. The molecule has 36 heavy (non-hydrogen) atoms. The maximum absolute atomic E-state index is 12.0. The van der Waals surface area contributed by atoms with Gasteiger partial charge in [0.25, 0.3) is 0 Å². The SMILES string of the molecule is CCCCCCCC(=O)O[C@@H](COC(=O)CCCCCCCCCNC(C)=O)COP(=O)([O-])[O-].[Na+].[Na+]. The number of nitrogens with one attached hydrogen (secondary N) is 1. The van der Waals surface area contributed by atoms with E-state index in [1.807, 2.05) is 0 Å². The number of unbranched alkanes of at least 4 members (excludes halogenated alkanes) is 10. The molecule has 0 aromatic rings. The summed E-state index contributed by atoms with van der Waals surface area (Å²) in [5.41, 5.74) is 0. The van der Waals surface area contributed by atoms with E-state index < -0.39 is 32.5 Å². The Labute approximate surface area is 260 Å². The van der Waals surface area contributed by atoms with E-state index in [4.69, 9.17) is 9.47 Å². The number of carbonyl (C=O) groups excluding carboxylic acids is 3. The first-order valence-electron chi connectivity index (χ1n) is 12.4. The number of ether oxygens (including phenoxy) is 2. The summed E-state index contributed by atoms with van der Waals surface area (Å²) in [6, 6.07) is 0. The van der Waals surface area contributed by atoms with Crippen molar-refractivity contribution in [2.24, 2.45) is 0 Å². The topological polar surface area (TPSA) is 154 Å². The van der Waals surface area contributed by atoms with Crippen molar-refractivity contribution in [2.75, 3.05) is 19.8 Å². The fourth-order valence-electron chi connectivity index (χ4n) is 3.21. The van der Waals surface area contributed by atoms with Gasteiger partial charge in [-0.05, 0) is 19.3 Å². The van der Waals surface area contributed by atoms with Crippen molar-refractivity contribution in [3.05, 3.63) is 0 Å². The number of phosphoric ester groups is 1. The number of esters is 2. The second-order valence-corrected chi connectivity index (χ2v) is 9.56. The third-order valence-electron chi connectivity index (χ3n) is 5.06. The molecule has 0 unspecified atom stereocenters. The summed E-state index contributed by atoms with van der Waals surface area (Å²) in [6.07, 6.45) is 10.5. The van der Waals surface area contributed by atoms with Gasteiger partial charge in [0.15, 0.2) is 6.10 Å². The third-order valence-corrected chi connectivity index (χ3v) is 5.53. The summed E-state index contributed by atoms with van der Waals surface area (Å²) >= 11 is 0. The molecule has 1 N–H and O–H groups in total. The summed E-state index contributed by atoms with van der Waals surface area (Å²) in [7, 11) is -5.24. The Hall–Kier alpha value is 0.520. The molecule has 0 heterocycles. The van der Waals surface area contributed by atoms with E-state index in [0.29, 0.717) is 19.4 Å². The van der Waals surface area contributed by atoms with E-state index >= 15 is 0 Å². The van der Waals surface area contributed by atoms with Crippen LogP contribution in [0.3, 0.4) is 0 Å². The monoisotopic (exact) mass is 553 g/mol. The molecule has 0 fully saturated rings. The van der Waals surface area contributed by atoms with Crippen LogP contribution < -0.4 is 74.2 Å². The predicted octanol–water partition coefficient (Wildman–Crippen LogP) is -3.09. The maximum Gasteiger partial charge on any atom is 1.00 e. The molecule has 0 aliphatic rings. The molecule has 0 bridgehead atoms. The number of hydrogen-bond acceptors (Lipinski definition) is 9. The summed E-state index contributed by atoms with van der Waals surface area (Å²) in [4.78, 5) is 56.2. The van der Waals surface area contributed by atoms with Gasteiger partial charge in [-0.1, -0.05) is 64.7 Å². The summed E-state index contributed by atoms with van der Waals surface area (Å²) < 4.78 is 25.2. The van der Waals surface area contributed by atoms with Crippen LogP contribution in [0.25, 0.3) is 0 Å². The zero-order valence-corrected chi connectivity index (χ0v) is 27.6. The van der Waals surface area contributed by atoms with E-state index in [1.165, 1.54) is 6.92 Å². The molecule has 0 spiro atoms. The van der Waals surface area contributed by atoms with Crippen molar-refractivity contribution >= 4 is 25.7 Å². The Morgan fingerprint density at radius 1 is 0.778 bits per heavy atom. The summed E-state index contributed by atoms with van der Waals surface area (Å²) in [5.74, 6) is -1.05. The first-order chi connectivity index (χ1) is 16.1. The quantitative estimate of drug-likeness (QED) is 0.0636. The fourth-order valence-corrected chi connectivity index (χ4v) is 3.56. The van der Waals surface area contributed by atoms with E-state index in [2.05, 4.69) is 16.8 Å². The molecule has 200 valence electrons. The Kier molecular flexibility index (Phi) is 30.9. The van der Waals surface area contributed by atoms with E-state index in [9.17, 15) is 28.7 Å². The van der Waals surface area contributed by atoms with Crippen molar-refractivity contribution in [3.8, 4) is 0 Å². The molecule has 10 nitrogen and oxygen atoms in total. The largest absolute Gasteiger partial charge is 1.00 e. The molecule has 0 rings (SSSR count). The molecule has 0 aliphatic heterocycles. The summed E-state index contributed by atoms with van der Waals surface area (Å²) in [5, 5.41) is 2.76. The number of carbonyl (C=O) groups is 3. The molecule has 0 radical (unpaired) electrons. The molecular weight excluding hydrogens is 511 g/mol. The molecule has 1 amide bonds. The Bertz CT molecular complexity index is 620. The van der Waals surface area contributed by atoms with Gasteiger partial charge in [0.05, 0.1) is 14.4 Å². The zero-order valence-electron chi connectivity index (χ0n) is 22.7. The van der Waals surface area contributed by atoms with Crippen LogP contribution in [0, 0.1) is 0 Å². The minimum absolute atomic E-state index is 0. The average molecular weight is 554 g/mol. The normalized spacial score (nSPS) is 11.6. The van der Waals surface area contributed by atoms with Crippen LogP contribution in [0.5, 0.6) is 0 Å². The van der Waals surface area contributed by atoms with Gasteiger partial charge in [-0.2, -0.15) is 0 Å².